The molecule has 0 saturated heterocycles. The van der Waals surface area contributed by atoms with E-state index in [0.717, 1.165) is 5.56 Å². The second-order valence-corrected chi connectivity index (χ2v) is 8.04. The minimum atomic E-state index is -0.890. The van der Waals surface area contributed by atoms with Gasteiger partial charge in [-0.1, -0.05) is 20.8 Å². The van der Waals surface area contributed by atoms with E-state index in [9.17, 15) is 14.4 Å². The molecule has 1 amide bonds. The molecule has 1 heterocycles. The lowest BCUT2D eigenvalue weighted by Crippen LogP contribution is -2.27. The van der Waals surface area contributed by atoms with Gasteiger partial charge in [0, 0.05) is 16.7 Å². The molecule has 2 rings (SSSR count). The highest BCUT2D eigenvalue weighted by Gasteiger charge is 2.23. The third kappa shape index (κ3) is 4.79. The molecule has 0 radical (unpaired) electrons. The molecule has 1 aromatic heterocycles. The van der Waals surface area contributed by atoms with Crippen molar-refractivity contribution < 1.29 is 19.1 Å². The number of nitrogens with one attached hydrogen (secondary N) is 1. The minimum absolute atomic E-state index is 0.106. The Morgan fingerprint density at radius 3 is 2.19 bits per heavy atom. The van der Waals surface area contributed by atoms with Crippen LogP contribution in [0.3, 0.4) is 0 Å². The number of esters is 1. The summed E-state index contributed by atoms with van der Waals surface area (Å²) in [5, 5.41) is 4.61. The molecule has 5 nitrogen and oxygen atoms in total. The first kappa shape index (κ1) is 19.8. The summed E-state index contributed by atoms with van der Waals surface area (Å²) in [5.41, 5.74) is 1.36. The van der Waals surface area contributed by atoms with E-state index >= 15 is 0 Å². The third-order valence-corrected chi connectivity index (χ3v) is 4.81. The number of Topliss-reactive ketones (excluding diaryl/α,β-unsaturated/α-hetero) is 1. The maximum absolute atomic E-state index is 12.5. The van der Waals surface area contributed by atoms with Gasteiger partial charge in [0.2, 0.25) is 11.7 Å². The zero-order valence-electron chi connectivity index (χ0n) is 15.6. The number of ether oxygens (including phenoxy) is 1. The molecule has 2 aromatic rings. The molecule has 0 unspecified atom stereocenters. The van der Waals surface area contributed by atoms with Crippen molar-refractivity contribution in [2.75, 3.05) is 5.32 Å². The SMILES string of the molecule is Cc1ccsc1C(=O)O[C@H](C)C(=O)c1ccc(NC(=O)C(C)(C)C)cc1. The first-order valence-corrected chi connectivity index (χ1v) is 9.18. The van der Waals surface area contributed by atoms with Gasteiger partial charge in [-0.25, -0.2) is 4.79 Å². The number of amides is 1. The lowest BCUT2D eigenvalue weighted by atomic mass is 9.95. The number of rotatable bonds is 5. The Balaban J connectivity index is 2.02. The summed E-state index contributed by atoms with van der Waals surface area (Å²) in [5.74, 6) is -0.890. The van der Waals surface area contributed by atoms with Crippen LogP contribution in [0.25, 0.3) is 0 Å². The van der Waals surface area contributed by atoms with Crippen molar-refractivity contribution in [3.8, 4) is 0 Å². The monoisotopic (exact) mass is 373 g/mol. The van der Waals surface area contributed by atoms with Gasteiger partial charge in [0.05, 0.1) is 0 Å². The fourth-order valence-corrected chi connectivity index (χ4v) is 2.93. The molecule has 138 valence electrons. The van der Waals surface area contributed by atoms with Crippen molar-refractivity contribution >= 4 is 34.7 Å². The number of thiophene rings is 1. The highest BCUT2D eigenvalue weighted by atomic mass is 32.1. The molecule has 1 N–H and O–H groups in total. The van der Waals surface area contributed by atoms with E-state index in [2.05, 4.69) is 5.32 Å². The number of carbonyl (C=O) groups excluding carboxylic acids is 3. The predicted octanol–water partition coefficient (Wildman–Crippen LogP) is 4.47. The number of benzene rings is 1. The molecule has 1 atom stereocenters. The molecule has 0 bridgehead atoms. The van der Waals surface area contributed by atoms with Crippen LogP contribution in [0.1, 0.15) is 53.3 Å². The molecule has 0 fully saturated rings. The van der Waals surface area contributed by atoms with Crippen LogP contribution < -0.4 is 5.32 Å². The van der Waals surface area contributed by atoms with Crippen molar-refractivity contribution in [2.24, 2.45) is 5.41 Å². The van der Waals surface area contributed by atoms with E-state index in [-0.39, 0.29) is 11.7 Å². The van der Waals surface area contributed by atoms with Gasteiger partial charge in [0.15, 0.2) is 6.10 Å². The van der Waals surface area contributed by atoms with Crippen LogP contribution in [0.2, 0.25) is 0 Å². The highest BCUT2D eigenvalue weighted by molar-refractivity contribution is 7.12. The fourth-order valence-electron chi connectivity index (χ4n) is 2.12. The molecule has 0 aliphatic rings. The minimum Gasteiger partial charge on any atom is -0.450 e. The Hall–Kier alpha value is -2.47. The third-order valence-electron chi connectivity index (χ3n) is 3.81. The van der Waals surface area contributed by atoms with Gasteiger partial charge >= 0.3 is 5.97 Å². The van der Waals surface area contributed by atoms with Crippen molar-refractivity contribution in [1.82, 2.24) is 0 Å². The Kier molecular flexibility index (Phi) is 5.97. The van der Waals surface area contributed by atoms with Crippen LogP contribution in [-0.4, -0.2) is 23.8 Å². The summed E-state index contributed by atoms with van der Waals surface area (Å²) in [6.07, 6.45) is -0.890. The van der Waals surface area contributed by atoms with Gasteiger partial charge in [-0.3, -0.25) is 9.59 Å². The topological polar surface area (TPSA) is 72.5 Å². The van der Waals surface area contributed by atoms with Gasteiger partial charge in [-0.05, 0) is 55.1 Å². The molecule has 0 spiro atoms. The number of ketones is 1. The highest BCUT2D eigenvalue weighted by Crippen LogP contribution is 2.20. The number of hydrogen-bond donors (Lipinski definition) is 1. The largest absolute Gasteiger partial charge is 0.450 e. The molecular weight excluding hydrogens is 350 g/mol. The van der Waals surface area contributed by atoms with Crippen LogP contribution in [-0.2, 0) is 9.53 Å². The van der Waals surface area contributed by atoms with Crippen LogP contribution in [0, 0.1) is 12.3 Å². The maximum atomic E-state index is 12.5. The number of anilines is 1. The fraction of sp³-hybridized carbons (Fsp3) is 0.350. The lowest BCUT2D eigenvalue weighted by molar-refractivity contribution is -0.123. The Bertz CT molecular complexity index is 815. The van der Waals surface area contributed by atoms with Crippen LogP contribution in [0.4, 0.5) is 5.69 Å². The smallest absolute Gasteiger partial charge is 0.349 e. The Labute approximate surface area is 157 Å². The molecule has 1 aromatic carbocycles. The lowest BCUT2D eigenvalue weighted by Gasteiger charge is -2.18. The van der Waals surface area contributed by atoms with Gasteiger partial charge in [-0.15, -0.1) is 11.3 Å². The summed E-state index contributed by atoms with van der Waals surface area (Å²) in [7, 11) is 0. The van der Waals surface area contributed by atoms with Crippen LogP contribution >= 0.6 is 11.3 Å². The number of aryl methyl sites for hydroxylation is 1. The van der Waals surface area contributed by atoms with Crippen LogP contribution in [0.15, 0.2) is 35.7 Å². The molecule has 0 aliphatic carbocycles. The van der Waals surface area contributed by atoms with Gasteiger partial charge in [-0.2, -0.15) is 0 Å². The number of carbonyl (C=O) groups is 3. The van der Waals surface area contributed by atoms with Crippen molar-refractivity contribution in [2.45, 2.75) is 40.7 Å². The van der Waals surface area contributed by atoms with E-state index in [1.54, 1.807) is 31.2 Å². The van der Waals surface area contributed by atoms with E-state index in [0.29, 0.717) is 16.1 Å². The van der Waals surface area contributed by atoms with E-state index < -0.39 is 17.5 Å². The molecule has 0 aliphatic heterocycles. The Morgan fingerprint density at radius 1 is 1.08 bits per heavy atom. The molecule has 6 heteroatoms. The summed E-state index contributed by atoms with van der Waals surface area (Å²) in [6, 6.07) is 8.38. The summed E-state index contributed by atoms with van der Waals surface area (Å²) < 4.78 is 5.28. The van der Waals surface area contributed by atoms with Crippen molar-refractivity contribution in [3.05, 3.63) is 51.7 Å². The van der Waals surface area contributed by atoms with Gasteiger partial charge in [0.25, 0.3) is 0 Å². The average molecular weight is 373 g/mol. The first-order valence-electron chi connectivity index (χ1n) is 8.30. The molecule has 26 heavy (non-hydrogen) atoms. The molecular formula is C20H23NO4S. The first-order chi connectivity index (χ1) is 12.1. The summed E-state index contributed by atoms with van der Waals surface area (Å²) >= 11 is 1.29. The molecule has 0 saturated carbocycles. The van der Waals surface area contributed by atoms with Gasteiger partial charge in [0.1, 0.15) is 4.88 Å². The van der Waals surface area contributed by atoms with Gasteiger partial charge < -0.3 is 10.1 Å². The van der Waals surface area contributed by atoms with E-state index in [1.807, 2.05) is 39.1 Å². The predicted molar refractivity (Wildman–Crippen MR) is 103 cm³/mol. The van der Waals surface area contributed by atoms with E-state index in [1.165, 1.54) is 11.3 Å². The summed E-state index contributed by atoms with van der Waals surface area (Å²) in [4.78, 5) is 37.1. The zero-order valence-corrected chi connectivity index (χ0v) is 16.4. The van der Waals surface area contributed by atoms with Crippen LogP contribution in [0.5, 0.6) is 0 Å². The quantitative estimate of drug-likeness (QED) is 0.620. The van der Waals surface area contributed by atoms with E-state index in [4.69, 9.17) is 4.74 Å². The zero-order chi connectivity index (χ0) is 19.5. The second-order valence-electron chi connectivity index (χ2n) is 7.13. The maximum Gasteiger partial charge on any atom is 0.349 e. The number of hydrogen-bond acceptors (Lipinski definition) is 5. The van der Waals surface area contributed by atoms with Crippen molar-refractivity contribution in [3.63, 3.8) is 0 Å². The average Bonchev–Trinajstić information content (AvgIpc) is 3.00. The standard InChI is InChI=1S/C20H23NO4S/c1-12-10-11-26-17(12)18(23)25-13(2)16(22)14-6-8-15(9-7-14)21-19(24)20(3,4)5/h6-11,13H,1-5H3,(H,21,24)/t13-/m1/s1. The Morgan fingerprint density at radius 2 is 1.69 bits per heavy atom. The van der Waals surface area contributed by atoms with Crippen molar-refractivity contribution in [1.29, 1.82) is 0 Å². The summed E-state index contributed by atoms with van der Waals surface area (Å²) in [6.45, 7) is 8.85. The normalized spacial score (nSPS) is 12.3. The second kappa shape index (κ2) is 7.83.